The summed E-state index contributed by atoms with van der Waals surface area (Å²) in [5, 5.41) is 14.5. The zero-order valence-electron chi connectivity index (χ0n) is 18.2. The van der Waals surface area contributed by atoms with E-state index in [2.05, 4.69) is 5.32 Å². The first kappa shape index (κ1) is 20.3. The van der Waals surface area contributed by atoms with Crippen LogP contribution in [-0.4, -0.2) is 27.3 Å². The smallest absolute Gasteiger partial charge is 0.343 e. The molecule has 33 heavy (non-hydrogen) atoms. The molecule has 170 valence electrons. The Kier molecular flexibility index (Phi) is 4.07. The van der Waals surface area contributed by atoms with Gasteiger partial charge in [0.05, 0.1) is 34.6 Å². The molecule has 0 aliphatic carbocycles. The van der Waals surface area contributed by atoms with Crippen molar-refractivity contribution in [2.45, 2.75) is 51.1 Å². The van der Waals surface area contributed by atoms with Crippen molar-refractivity contribution in [3.63, 3.8) is 0 Å². The zero-order valence-corrected chi connectivity index (χ0v) is 18.2. The number of pyridine rings is 2. The predicted molar refractivity (Wildman–Crippen MR) is 117 cm³/mol. The minimum absolute atomic E-state index is 0.0243. The van der Waals surface area contributed by atoms with Gasteiger partial charge in [-0.3, -0.25) is 9.59 Å². The maximum Gasteiger partial charge on any atom is 0.343 e. The SMILES string of the molecule is CC[C@@]1(O)C(=O)OCc2c1cc1n(c2=O)Cc2c-1c(=O)c1cc(F)cc3c1n2CCC3NC. The van der Waals surface area contributed by atoms with Crippen LogP contribution in [-0.2, 0) is 34.8 Å². The summed E-state index contributed by atoms with van der Waals surface area (Å²) in [7, 11) is 1.81. The van der Waals surface area contributed by atoms with Gasteiger partial charge in [-0.1, -0.05) is 6.92 Å². The minimum atomic E-state index is -1.95. The Balaban J connectivity index is 1.71. The number of cyclic esters (lactones) is 1. The van der Waals surface area contributed by atoms with Crippen LogP contribution >= 0.6 is 0 Å². The first-order valence-corrected chi connectivity index (χ1v) is 11.0. The van der Waals surface area contributed by atoms with Gasteiger partial charge in [-0.15, -0.1) is 0 Å². The van der Waals surface area contributed by atoms with E-state index in [4.69, 9.17) is 4.74 Å². The number of ether oxygens (including phenoxy) is 1. The molecule has 0 fully saturated rings. The molecule has 2 aromatic heterocycles. The number of aromatic nitrogens is 2. The largest absolute Gasteiger partial charge is 0.458 e. The molecule has 1 aromatic carbocycles. The number of carbonyl (C=O) groups is 1. The summed E-state index contributed by atoms with van der Waals surface area (Å²) >= 11 is 0. The maximum absolute atomic E-state index is 14.5. The van der Waals surface area contributed by atoms with Crippen LogP contribution in [0.1, 0.15) is 48.2 Å². The van der Waals surface area contributed by atoms with Crippen molar-refractivity contribution in [1.29, 1.82) is 0 Å². The number of aliphatic hydroxyl groups is 1. The predicted octanol–water partition coefficient (Wildman–Crippen LogP) is 1.65. The minimum Gasteiger partial charge on any atom is -0.458 e. The lowest BCUT2D eigenvalue weighted by Gasteiger charge is -2.31. The third-order valence-corrected chi connectivity index (χ3v) is 7.43. The van der Waals surface area contributed by atoms with Gasteiger partial charge in [0.1, 0.15) is 12.4 Å². The van der Waals surface area contributed by atoms with E-state index < -0.39 is 22.9 Å². The molecule has 0 spiro atoms. The van der Waals surface area contributed by atoms with Gasteiger partial charge in [-0.25, -0.2) is 9.18 Å². The van der Waals surface area contributed by atoms with Crippen LogP contribution in [0.3, 0.4) is 0 Å². The van der Waals surface area contributed by atoms with Gasteiger partial charge in [0.2, 0.25) is 0 Å². The zero-order chi connectivity index (χ0) is 23.2. The van der Waals surface area contributed by atoms with Crippen LogP contribution in [0.15, 0.2) is 27.8 Å². The number of nitrogens with zero attached hydrogens (tertiary/aromatic N) is 2. The number of nitrogens with one attached hydrogen (secondary N) is 1. The van der Waals surface area contributed by atoms with Crippen LogP contribution < -0.4 is 16.3 Å². The summed E-state index contributed by atoms with van der Waals surface area (Å²) in [6.07, 6.45) is 0.730. The monoisotopic (exact) mass is 451 g/mol. The van der Waals surface area contributed by atoms with E-state index in [1.54, 1.807) is 20.0 Å². The second kappa shape index (κ2) is 6.61. The van der Waals surface area contributed by atoms with Crippen LogP contribution in [0.2, 0.25) is 0 Å². The number of aryl methyl sites for hydroxylation is 1. The molecule has 0 saturated carbocycles. The molecular weight excluding hydrogens is 429 g/mol. The van der Waals surface area contributed by atoms with E-state index >= 15 is 0 Å². The van der Waals surface area contributed by atoms with Crippen LogP contribution in [0.4, 0.5) is 4.39 Å². The van der Waals surface area contributed by atoms with E-state index in [-0.39, 0.29) is 47.6 Å². The van der Waals surface area contributed by atoms with Crippen molar-refractivity contribution in [2.75, 3.05) is 7.05 Å². The molecule has 3 aromatic rings. The molecule has 3 aliphatic rings. The molecule has 0 radical (unpaired) electrons. The number of halogens is 1. The lowest BCUT2D eigenvalue weighted by Crippen LogP contribution is -2.44. The highest BCUT2D eigenvalue weighted by molar-refractivity contribution is 5.90. The topological polar surface area (TPSA) is 103 Å². The summed E-state index contributed by atoms with van der Waals surface area (Å²) in [6.45, 7) is 2.19. The molecular formula is C24H22FN3O5. The average molecular weight is 451 g/mol. The maximum atomic E-state index is 14.5. The lowest BCUT2D eigenvalue weighted by atomic mass is 9.85. The molecule has 1 unspecified atom stereocenters. The number of carbonyl (C=O) groups excluding carboxylic acids is 1. The Hall–Kier alpha value is -3.30. The normalized spacial score (nSPS) is 22.7. The fraction of sp³-hybridized carbons (Fsp3) is 0.375. The first-order valence-electron chi connectivity index (χ1n) is 11.0. The summed E-state index contributed by atoms with van der Waals surface area (Å²) in [5.74, 6) is -1.30. The van der Waals surface area contributed by atoms with Gasteiger partial charge in [0.15, 0.2) is 11.0 Å². The molecule has 0 saturated heterocycles. The highest BCUT2D eigenvalue weighted by Crippen LogP contribution is 2.40. The summed E-state index contributed by atoms with van der Waals surface area (Å²) in [6, 6.07) is 4.19. The first-order chi connectivity index (χ1) is 15.8. The van der Waals surface area contributed by atoms with Crippen molar-refractivity contribution in [2.24, 2.45) is 0 Å². The molecule has 9 heteroatoms. The molecule has 8 nitrogen and oxygen atoms in total. The van der Waals surface area contributed by atoms with Gasteiger partial charge in [0.25, 0.3) is 5.56 Å². The van der Waals surface area contributed by atoms with E-state index in [1.165, 1.54) is 16.7 Å². The second-order valence-electron chi connectivity index (χ2n) is 8.93. The van der Waals surface area contributed by atoms with Gasteiger partial charge in [-0.2, -0.15) is 0 Å². The van der Waals surface area contributed by atoms with Crippen molar-refractivity contribution < 1.29 is 19.0 Å². The number of fused-ring (bicyclic) bond motifs is 5. The number of hydrogen-bond donors (Lipinski definition) is 2. The summed E-state index contributed by atoms with van der Waals surface area (Å²) in [4.78, 5) is 39.4. The third-order valence-electron chi connectivity index (χ3n) is 7.43. The third kappa shape index (κ3) is 2.43. The fourth-order valence-corrected chi connectivity index (χ4v) is 5.70. The Morgan fingerprint density at radius 1 is 1.24 bits per heavy atom. The Bertz CT molecular complexity index is 1520. The fourth-order valence-electron chi connectivity index (χ4n) is 5.70. The molecule has 0 amide bonds. The average Bonchev–Trinajstić information content (AvgIpc) is 3.20. The molecule has 0 bridgehead atoms. The number of rotatable bonds is 2. The van der Waals surface area contributed by atoms with E-state index in [0.29, 0.717) is 35.4 Å². The van der Waals surface area contributed by atoms with Crippen LogP contribution in [0.5, 0.6) is 0 Å². The van der Waals surface area contributed by atoms with Crippen molar-refractivity contribution in [3.8, 4) is 11.3 Å². The quantitative estimate of drug-likeness (QED) is 0.450. The lowest BCUT2D eigenvalue weighted by molar-refractivity contribution is -0.172. The second-order valence-corrected chi connectivity index (χ2v) is 8.93. The Morgan fingerprint density at radius 2 is 2.03 bits per heavy atom. The Morgan fingerprint density at radius 3 is 2.76 bits per heavy atom. The van der Waals surface area contributed by atoms with Gasteiger partial charge >= 0.3 is 5.97 Å². The molecule has 2 N–H and O–H groups in total. The highest BCUT2D eigenvalue weighted by atomic mass is 19.1. The standard InChI is InChI=1S/C24H22FN3O5/c1-3-24(32)15-8-17-19-18(9-28(17)22(30)14(15)10-33-23(24)31)27-5-4-16(26-2)12-6-11(25)7-13(20(12)27)21(19)29/h6-8,16,26,32H,3-5,9-10H2,1-2H3/t16?,24-/m0/s1. The number of benzene rings is 1. The van der Waals surface area contributed by atoms with Crippen LogP contribution in [0, 0.1) is 5.82 Å². The van der Waals surface area contributed by atoms with Gasteiger partial charge in [-0.05, 0) is 43.7 Å². The molecule has 6 rings (SSSR count). The van der Waals surface area contributed by atoms with Crippen molar-refractivity contribution >= 4 is 16.9 Å². The molecule has 3 aliphatic heterocycles. The van der Waals surface area contributed by atoms with Gasteiger partial charge in [0, 0.05) is 23.5 Å². The van der Waals surface area contributed by atoms with Crippen LogP contribution in [0.25, 0.3) is 22.2 Å². The molecule has 2 atom stereocenters. The Labute approximate surface area is 187 Å². The number of esters is 1. The number of hydrogen-bond acceptors (Lipinski definition) is 6. The summed E-state index contributed by atoms with van der Waals surface area (Å²) < 4.78 is 23.1. The van der Waals surface area contributed by atoms with Crippen molar-refractivity contribution in [1.82, 2.24) is 14.5 Å². The van der Waals surface area contributed by atoms with E-state index in [1.807, 2.05) is 4.57 Å². The molecule has 5 heterocycles. The summed E-state index contributed by atoms with van der Waals surface area (Å²) in [5.41, 5.74) is 0.425. The van der Waals surface area contributed by atoms with Crippen molar-refractivity contribution in [3.05, 3.63) is 67.0 Å². The highest BCUT2D eigenvalue weighted by Gasteiger charge is 2.45. The van der Waals surface area contributed by atoms with E-state index in [0.717, 1.165) is 5.56 Å². The van der Waals surface area contributed by atoms with E-state index in [9.17, 15) is 23.9 Å². The van der Waals surface area contributed by atoms with Gasteiger partial charge < -0.3 is 24.3 Å².